The van der Waals surface area contributed by atoms with Crippen LogP contribution in [0.5, 0.6) is 0 Å². The van der Waals surface area contributed by atoms with Gasteiger partial charge in [0.2, 0.25) is 0 Å². The highest BCUT2D eigenvalue weighted by molar-refractivity contribution is 8.00. The van der Waals surface area contributed by atoms with Crippen molar-refractivity contribution in [2.24, 2.45) is 23.7 Å². The molecule has 2 aromatic carbocycles. The molecule has 0 atom stereocenters. The van der Waals surface area contributed by atoms with E-state index in [1.165, 1.54) is 19.3 Å². The maximum absolute atomic E-state index is 11.9. The molecule has 2 fully saturated rings. The highest BCUT2D eigenvalue weighted by Gasteiger charge is 2.57. The maximum atomic E-state index is 11.9. The molecule has 18 heteroatoms. The minimum atomic E-state index is -6.85. The average Bonchev–Trinajstić information content (AvgIpc) is 3.09. The molecule has 0 aliphatic heterocycles. The van der Waals surface area contributed by atoms with Gasteiger partial charge in [-0.15, -0.1) is 3.63 Å². The Bertz CT molecular complexity index is 1430. The number of esters is 2. The molecule has 0 unspecified atom stereocenters. The number of aliphatic hydroxyl groups is 1. The largest absolute Gasteiger partial charge is 0.524 e. The standard InChI is InChI=1S/C16H22O2.C15H20O3.C2F6O5S2/c1-2-13-8-10-15(11-9-13)16(17)18-12-14-6-4-3-5-7-14;16-10-12-6-8-14(9-7-12)15(17)18-11-13-4-2-1-3-5-13;3-1(4,5)14(9,10)13-15(11,12)2(6,7)8/h3-7,13,15H,2,8-12H2,1H3;1-5,12,14,16H,6-11H2;. The van der Waals surface area contributed by atoms with Crippen molar-refractivity contribution in [1.82, 2.24) is 0 Å². The van der Waals surface area contributed by atoms with Crippen LogP contribution >= 0.6 is 0 Å². The van der Waals surface area contributed by atoms with Crippen molar-refractivity contribution in [3.8, 4) is 0 Å². The van der Waals surface area contributed by atoms with E-state index in [-0.39, 0.29) is 30.4 Å². The Morgan fingerprint density at radius 1 is 0.627 bits per heavy atom. The van der Waals surface area contributed by atoms with E-state index in [0.717, 1.165) is 55.6 Å². The fraction of sp³-hybridized carbons (Fsp3) is 0.576. The van der Waals surface area contributed by atoms with Gasteiger partial charge in [-0.3, -0.25) is 9.59 Å². The van der Waals surface area contributed by atoms with Gasteiger partial charge in [-0.1, -0.05) is 74.0 Å². The Kier molecular flexibility index (Phi) is 17.3. The summed E-state index contributed by atoms with van der Waals surface area (Å²) in [5, 5.41) is 9.05. The SMILES string of the molecule is CCC1CCC(C(=O)OCc2ccccc2)CC1.O=C(OCc1ccccc1)C1CCC(CO)CC1.O=S(=O)(OS(=O)(=O)C(F)(F)F)C(F)(F)F. The van der Waals surface area contributed by atoms with E-state index in [1.807, 2.05) is 64.3 Å². The second-order valence-corrected chi connectivity index (χ2v) is 15.4. The molecule has 10 nitrogen and oxygen atoms in total. The van der Waals surface area contributed by atoms with E-state index in [9.17, 15) is 52.8 Å². The van der Waals surface area contributed by atoms with Gasteiger partial charge in [-0.25, -0.2) is 0 Å². The molecule has 2 aliphatic carbocycles. The Morgan fingerprint density at radius 3 is 1.25 bits per heavy atom. The summed E-state index contributed by atoms with van der Waals surface area (Å²) in [6, 6.07) is 19.6. The zero-order valence-corrected chi connectivity index (χ0v) is 29.4. The summed E-state index contributed by atoms with van der Waals surface area (Å²) >= 11 is 0. The Morgan fingerprint density at radius 2 is 0.961 bits per heavy atom. The summed E-state index contributed by atoms with van der Waals surface area (Å²) in [5.41, 5.74) is -10.4. The number of carbonyl (C=O) groups is 2. The third kappa shape index (κ3) is 15.1. The van der Waals surface area contributed by atoms with E-state index >= 15 is 0 Å². The fourth-order valence-electron chi connectivity index (χ4n) is 5.28. The van der Waals surface area contributed by atoms with Crippen LogP contribution in [0.3, 0.4) is 0 Å². The topological polar surface area (TPSA) is 150 Å². The lowest BCUT2D eigenvalue weighted by atomic mass is 9.81. The summed E-state index contributed by atoms with van der Waals surface area (Å²) in [5.74, 6) is 1.27. The van der Waals surface area contributed by atoms with E-state index in [4.69, 9.17) is 14.6 Å². The van der Waals surface area contributed by atoms with E-state index in [0.29, 0.717) is 19.1 Å². The molecule has 0 aromatic heterocycles. The molecule has 51 heavy (non-hydrogen) atoms. The van der Waals surface area contributed by atoms with Gasteiger partial charge < -0.3 is 14.6 Å². The predicted molar refractivity (Wildman–Crippen MR) is 172 cm³/mol. The second kappa shape index (κ2) is 20.1. The third-order valence-corrected chi connectivity index (χ3v) is 11.0. The van der Waals surface area contributed by atoms with Crippen LogP contribution in [-0.4, -0.2) is 51.5 Å². The minimum Gasteiger partial charge on any atom is -0.461 e. The number of rotatable bonds is 10. The molecule has 2 saturated carbocycles. The maximum Gasteiger partial charge on any atom is 0.524 e. The van der Waals surface area contributed by atoms with Gasteiger partial charge in [0.25, 0.3) is 0 Å². The van der Waals surface area contributed by atoms with Crippen molar-refractivity contribution in [2.45, 2.75) is 88.9 Å². The summed E-state index contributed by atoms with van der Waals surface area (Å²) in [7, 11) is -13.7. The highest BCUT2D eigenvalue weighted by Crippen LogP contribution is 2.33. The highest BCUT2D eigenvalue weighted by atomic mass is 32.3. The van der Waals surface area contributed by atoms with Crippen LogP contribution in [0.25, 0.3) is 0 Å². The van der Waals surface area contributed by atoms with Gasteiger partial charge in [0, 0.05) is 6.61 Å². The zero-order valence-electron chi connectivity index (χ0n) is 27.8. The van der Waals surface area contributed by atoms with Crippen LogP contribution in [0.1, 0.15) is 75.8 Å². The minimum absolute atomic E-state index is 0.00611. The van der Waals surface area contributed by atoms with Crippen LogP contribution in [0.2, 0.25) is 0 Å². The van der Waals surface area contributed by atoms with Gasteiger partial charge in [-0.2, -0.15) is 43.2 Å². The zero-order chi connectivity index (χ0) is 38.3. The average molecular weight is 777 g/mol. The van der Waals surface area contributed by atoms with Crippen LogP contribution in [0, 0.1) is 23.7 Å². The first-order chi connectivity index (χ1) is 23.8. The molecule has 1 N–H and O–H groups in total. The summed E-state index contributed by atoms with van der Waals surface area (Å²) in [6.07, 6.45) is 9.17. The molecule has 288 valence electrons. The fourth-order valence-corrected chi connectivity index (χ4v) is 6.84. The monoisotopic (exact) mass is 776 g/mol. The molecular weight excluding hydrogens is 734 g/mol. The lowest BCUT2D eigenvalue weighted by Gasteiger charge is -2.26. The normalized spacial score (nSPS) is 21.2. The molecule has 2 aliphatic rings. The molecular formula is C33H42F6O10S2. The third-order valence-electron chi connectivity index (χ3n) is 8.39. The van der Waals surface area contributed by atoms with Gasteiger partial charge in [0.15, 0.2) is 0 Å². The van der Waals surface area contributed by atoms with Crippen molar-refractivity contribution >= 4 is 32.2 Å². The number of benzene rings is 2. The van der Waals surface area contributed by atoms with E-state index in [1.54, 1.807) is 0 Å². The molecule has 0 saturated heterocycles. The number of carbonyl (C=O) groups excluding carboxylic acids is 2. The first-order valence-electron chi connectivity index (χ1n) is 16.1. The van der Waals surface area contributed by atoms with E-state index < -0.39 is 31.3 Å². The smallest absolute Gasteiger partial charge is 0.461 e. The van der Waals surface area contributed by atoms with E-state index in [2.05, 4.69) is 6.92 Å². The number of aliphatic hydroxyl groups excluding tert-OH is 1. The number of halogens is 6. The van der Waals surface area contributed by atoms with Crippen molar-refractivity contribution < 1.29 is 71.0 Å². The molecule has 0 bridgehead atoms. The first kappa shape index (κ1) is 43.9. The number of ether oxygens (including phenoxy) is 2. The molecule has 0 spiro atoms. The van der Waals surface area contributed by atoms with Crippen molar-refractivity contribution in [1.29, 1.82) is 0 Å². The number of hydrogen-bond acceptors (Lipinski definition) is 10. The van der Waals surface area contributed by atoms with Gasteiger partial charge in [0.05, 0.1) is 11.8 Å². The predicted octanol–water partition coefficient (Wildman–Crippen LogP) is 7.18. The van der Waals surface area contributed by atoms with Crippen molar-refractivity contribution in [3.63, 3.8) is 0 Å². The lowest BCUT2D eigenvalue weighted by Crippen LogP contribution is -2.34. The van der Waals surface area contributed by atoms with Crippen LogP contribution in [-0.2, 0) is 56.1 Å². The Hall–Kier alpha value is -3.22. The van der Waals surface area contributed by atoms with Gasteiger partial charge in [0.1, 0.15) is 13.2 Å². The first-order valence-corrected chi connectivity index (χ1v) is 19.0. The van der Waals surface area contributed by atoms with Crippen molar-refractivity contribution in [2.75, 3.05) is 6.61 Å². The van der Waals surface area contributed by atoms with Crippen LogP contribution in [0.4, 0.5) is 26.3 Å². The van der Waals surface area contributed by atoms with Crippen LogP contribution < -0.4 is 0 Å². The molecule has 0 heterocycles. The van der Waals surface area contributed by atoms with Crippen LogP contribution in [0.15, 0.2) is 60.7 Å². The Labute approximate surface area is 293 Å². The quantitative estimate of drug-likeness (QED) is 0.149. The molecule has 0 amide bonds. The Balaban J connectivity index is 0.000000267. The number of alkyl halides is 6. The summed E-state index contributed by atoms with van der Waals surface area (Å²) in [6.45, 7) is 3.25. The molecule has 0 radical (unpaired) electrons. The van der Waals surface area contributed by atoms with Crippen molar-refractivity contribution in [3.05, 3.63) is 71.8 Å². The number of hydrogen-bond donors (Lipinski definition) is 1. The summed E-state index contributed by atoms with van der Waals surface area (Å²) in [4.78, 5) is 23.8. The molecule has 2 aromatic rings. The van der Waals surface area contributed by atoms with Gasteiger partial charge >= 0.3 is 43.2 Å². The van der Waals surface area contributed by atoms with Gasteiger partial charge in [-0.05, 0) is 74.3 Å². The second-order valence-electron chi connectivity index (χ2n) is 12.1. The molecule has 4 rings (SSSR count). The lowest BCUT2D eigenvalue weighted by molar-refractivity contribution is -0.152. The summed E-state index contributed by atoms with van der Waals surface area (Å²) < 4.78 is 121.